The maximum Gasteiger partial charge on any atom is 0.134 e. The fourth-order valence-corrected chi connectivity index (χ4v) is 2.29. The van der Waals surface area contributed by atoms with Crippen molar-refractivity contribution in [3.63, 3.8) is 0 Å². The van der Waals surface area contributed by atoms with Crippen molar-refractivity contribution >= 4 is 17.4 Å². The van der Waals surface area contributed by atoms with Crippen molar-refractivity contribution < 1.29 is 4.79 Å². The summed E-state index contributed by atoms with van der Waals surface area (Å²) in [5.41, 5.74) is 1.20. The summed E-state index contributed by atoms with van der Waals surface area (Å²) in [7, 11) is 0. The minimum atomic E-state index is 0.117. The average molecular weight is 224 g/mol. The Morgan fingerprint density at radius 2 is 2.00 bits per heavy atom. The molecule has 2 rings (SSSR count). The summed E-state index contributed by atoms with van der Waals surface area (Å²) in [6.45, 7) is 3.34. The van der Waals surface area contributed by atoms with E-state index >= 15 is 0 Å². The summed E-state index contributed by atoms with van der Waals surface area (Å²) < 4.78 is 0. The second-order valence-electron chi connectivity index (χ2n) is 4.03. The van der Waals surface area contributed by atoms with Gasteiger partial charge in [-0.2, -0.15) is 0 Å². The van der Waals surface area contributed by atoms with Gasteiger partial charge in [-0.1, -0.05) is 23.7 Å². The van der Waals surface area contributed by atoms with Crippen LogP contribution >= 0.6 is 11.6 Å². The van der Waals surface area contributed by atoms with Gasteiger partial charge >= 0.3 is 0 Å². The highest BCUT2D eigenvalue weighted by molar-refractivity contribution is 6.30. The number of carbonyl (C=O) groups is 1. The predicted molar refractivity (Wildman–Crippen MR) is 61.2 cm³/mol. The van der Waals surface area contributed by atoms with Gasteiger partial charge in [0.1, 0.15) is 5.78 Å². The van der Waals surface area contributed by atoms with Gasteiger partial charge in [0, 0.05) is 29.9 Å². The van der Waals surface area contributed by atoms with E-state index in [0.29, 0.717) is 5.92 Å². The van der Waals surface area contributed by atoms with E-state index in [0.717, 1.165) is 18.1 Å². The van der Waals surface area contributed by atoms with Crippen molar-refractivity contribution in [1.82, 2.24) is 5.32 Å². The number of halogens is 1. The van der Waals surface area contributed by atoms with E-state index in [1.807, 2.05) is 24.3 Å². The third-order valence-corrected chi connectivity index (χ3v) is 3.29. The maximum atomic E-state index is 11.4. The van der Waals surface area contributed by atoms with Crippen molar-refractivity contribution in [1.29, 1.82) is 0 Å². The molecular weight excluding hydrogens is 210 g/mol. The lowest BCUT2D eigenvalue weighted by Gasteiger charge is -2.16. The highest BCUT2D eigenvalue weighted by Crippen LogP contribution is 2.29. The Morgan fingerprint density at radius 3 is 2.60 bits per heavy atom. The van der Waals surface area contributed by atoms with Gasteiger partial charge in [-0.15, -0.1) is 0 Å². The molecule has 0 spiro atoms. The fourth-order valence-electron chi connectivity index (χ4n) is 2.17. The molecule has 2 nitrogen and oxygen atoms in total. The van der Waals surface area contributed by atoms with Gasteiger partial charge < -0.3 is 5.32 Å². The van der Waals surface area contributed by atoms with Gasteiger partial charge in [0.05, 0.1) is 0 Å². The normalized spacial score (nSPS) is 25.5. The van der Waals surface area contributed by atoms with E-state index in [4.69, 9.17) is 11.6 Å². The third kappa shape index (κ3) is 2.21. The van der Waals surface area contributed by atoms with Crippen LogP contribution in [-0.2, 0) is 4.79 Å². The molecule has 1 aromatic carbocycles. The molecule has 0 radical (unpaired) electrons. The first kappa shape index (κ1) is 10.7. The Labute approximate surface area is 94.6 Å². The molecule has 1 saturated heterocycles. The van der Waals surface area contributed by atoms with E-state index in [-0.39, 0.29) is 11.7 Å². The molecule has 1 fully saturated rings. The highest BCUT2D eigenvalue weighted by Gasteiger charge is 2.31. The van der Waals surface area contributed by atoms with Crippen LogP contribution < -0.4 is 5.32 Å². The Balaban J connectivity index is 2.22. The van der Waals surface area contributed by atoms with Crippen LogP contribution in [0.5, 0.6) is 0 Å². The highest BCUT2D eigenvalue weighted by atomic mass is 35.5. The Hall–Kier alpha value is -0.860. The van der Waals surface area contributed by atoms with E-state index in [9.17, 15) is 4.79 Å². The average Bonchev–Trinajstić information content (AvgIpc) is 2.67. The summed E-state index contributed by atoms with van der Waals surface area (Å²) in [6, 6.07) is 7.78. The third-order valence-electron chi connectivity index (χ3n) is 3.03. The number of ketones is 1. The Bertz CT molecular complexity index is 360. The lowest BCUT2D eigenvalue weighted by Crippen LogP contribution is -2.18. The second kappa shape index (κ2) is 4.33. The molecule has 3 heteroatoms. The maximum absolute atomic E-state index is 11.4. The molecule has 1 N–H and O–H groups in total. The largest absolute Gasteiger partial charge is 0.315 e. The van der Waals surface area contributed by atoms with Crippen LogP contribution in [-0.4, -0.2) is 18.9 Å². The molecule has 0 saturated carbocycles. The number of benzene rings is 1. The smallest absolute Gasteiger partial charge is 0.134 e. The summed E-state index contributed by atoms with van der Waals surface area (Å²) in [5.74, 6) is 0.686. The Morgan fingerprint density at radius 1 is 1.33 bits per heavy atom. The topological polar surface area (TPSA) is 29.1 Å². The van der Waals surface area contributed by atoms with E-state index in [1.54, 1.807) is 6.92 Å². The van der Waals surface area contributed by atoms with Crippen LogP contribution in [0, 0.1) is 5.92 Å². The molecule has 2 atom stereocenters. The SMILES string of the molecule is CC(=O)C1CNCC1c1ccc(Cl)cc1. The molecule has 0 aliphatic carbocycles. The van der Waals surface area contributed by atoms with Crippen LogP contribution in [0.2, 0.25) is 5.02 Å². The van der Waals surface area contributed by atoms with E-state index < -0.39 is 0 Å². The van der Waals surface area contributed by atoms with Crippen LogP contribution in [0.15, 0.2) is 24.3 Å². The number of rotatable bonds is 2. The quantitative estimate of drug-likeness (QED) is 0.833. The first-order valence-electron chi connectivity index (χ1n) is 5.15. The van der Waals surface area contributed by atoms with Crippen LogP contribution in [0.25, 0.3) is 0 Å². The molecule has 0 aromatic heterocycles. The minimum absolute atomic E-state index is 0.117. The van der Waals surface area contributed by atoms with Gasteiger partial charge in [-0.25, -0.2) is 0 Å². The van der Waals surface area contributed by atoms with Crippen LogP contribution in [0.3, 0.4) is 0 Å². The molecule has 15 heavy (non-hydrogen) atoms. The van der Waals surface area contributed by atoms with E-state index in [2.05, 4.69) is 5.32 Å². The molecule has 1 aliphatic rings. The van der Waals surface area contributed by atoms with Crippen molar-refractivity contribution in [2.45, 2.75) is 12.8 Å². The summed E-state index contributed by atoms with van der Waals surface area (Å²) in [5, 5.41) is 4.00. The monoisotopic (exact) mass is 223 g/mol. The van der Waals surface area contributed by atoms with E-state index in [1.165, 1.54) is 5.56 Å². The number of carbonyl (C=O) groups excluding carboxylic acids is 1. The molecule has 1 aliphatic heterocycles. The number of hydrogen-bond donors (Lipinski definition) is 1. The van der Waals surface area contributed by atoms with Gasteiger partial charge in [0.15, 0.2) is 0 Å². The van der Waals surface area contributed by atoms with Crippen LogP contribution in [0.4, 0.5) is 0 Å². The number of nitrogens with one attached hydrogen (secondary N) is 1. The van der Waals surface area contributed by atoms with Crippen molar-refractivity contribution in [3.8, 4) is 0 Å². The molecule has 1 aromatic rings. The van der Waals surface area contributed by atoms with Gasteiger partial charge in [-0.3, -0.25) is 4.79 Å². The molecule has 2 unspecified atom stereocenters. The zero-order valence-electron chi connectivity index (χ0n) is 8.66. The summed E-state index contributed by atoms with van der Waals surface area (Å²) in [6.07, 6.45) is 0. The zero-order chi connectivity index (χ0) is 10.8. The molecular formula is C12H14ClNO. The minimum Gasteiger partial charge on any atom is -0.315 e. The zero-order valence-corrected chi connectivity index (χ0v) is 9.42. The molecule has 0 bridgehead atoms. The first-order chi connectivity index (χ1) is 7.18. The molecule has 80 valence electrons. The first-order valence-corrected chi connectivity index (χ1v) is 5.53. The van der Waals surface area contributed by atoms with Crippen molar-refractivity contribution in [2.24, 2.45) is 5.92 Å². The lowest BCUT2D eigenvalue weighted by atomic mass is 9.87. The second-order valence-corrected chi connectivity index (χ2v) is 4.47. The van der Waals surface area contributed by atoms with Crippen LogP contribution in [0.1, 0.15) is 18.4 Å². The lowest BCUT2D eigenvalue weighted by molar-refractivity contribution is -0.120. The fraction of sp³-hybridized carbons (Fsp3) is 0.417. The van der Waals surface area contributed by atoms with Gasteiger partial charge in [0.2, 0.25) is 0 Å². The number of hydrogen-bond acceptors (Lipinski definition) is 2. The Kier molecular flexibility index (Phi) is 3.08. The van der Waals surface area contributed by atoms with Crippen molar-refractivity contribution in [3.05, 3.63) is 34.9 Å². The molecule has 0 amide bonds. The number of Topliss-reactive ketones (excluding diaryl/α,β-unsaturated/α-hetero) is 1. The summed E-state index contributed by atoms with van der Waals surface area (Å²) >= 11 is 5.83. The summed E-state index contributed by atoms with van der Waals surface area (Å²) in [4.78, 5) is 11.4. The predicted octanol–water partition coefficient (Wildman–Crippen LogP) is 2.23. The van der Waals surface area contributed by atoms with Gasteiger partial charge in [-0.05, 0) is 24.6 Å². The molecule has 1 heterocycles. The van der Waals surface area contributed by atoms with Crippen molar-refractivity contribution in [2.75, 3.05) is 13.1 Å². The van der Waals surface area contributed by atoms with Gasteiger partial charge in [0.25, 0.3) is 0 Å². The standard InChI is InChI=1S/C12H14ClNO/c1-8(15)11-6-14-7-12(11)9-2-4-10(13)5-3-9/h2-5,11-12,14H,6-7H2,1H3.